The summed E-state index contributed by atoms with van der Waals surface area (Å²) < 4.78 is 0. The van der Waals surface area contributed by atoms with Crippen LogP contribution in [0.15, 0.2) is 18.2 Å². The van der Waals surface area contributed by atoms with Gasteiger partial charge in [-0.25, -0.2) is 5.48 Å². The highest BCUT2D eigenvalue weighted by Gasteiger charge is 2.49. The van der Waals surface area contributed by atoms with Crippen LogP contribution in [0.3, 0.4) is 0 Å². The molecule has 5 nitrogen and oxygen atoms in total. The Labute approximate surface area is 143 Å². The highest BCUT2D eigenvalue weighted by molar-refractivity contribution is 7.59. The van der Waals surface area contributed by atoms with Crippen molar-refractivity contribution in [1.82, 2.24) is 10.4 Å². The average Bonchev–Trinajstić information content (AvgIpc) is 3.00. The van der Waals surface area contributed by atoms with Crippen LogP contribution in [0, 0.1) is 11.3 Å². The summed E-state index contributed by atoms with van der Waals surface area (Å²) in [6.07, 6.45) is 2.34. The van der Waals surface area contributed by atoms with E-state index in [1.807, 2.05) is 11.0 Å². The summed E-state index contributed by atoms with van der Waals surface area (Å²) in [5.41, 5.74) is 3.98. The molecule has 1 spiro atoms. The van der Waals surface area contributed by atoms with E-state index in [1.54, 1.807) is 17.6 Å². The van der Waals surface area contributed by atoms with Gasteiger partial charge in [0.05, 0.1) is 5.41 Å². The lowest BCUT2D eigenvalue weighted by molar-refractivity contribution is -0.136. The molecule has 0 saturated carbocycles. The molecule has 6 heteroatoms. The van der Waals surface area contributed by atoms with Crippen molar-refractivity contribution in [2.45, 2.75) is 33.1 Å². The largest absolute Gasteiger partial charge is 0.342 e. The quantitative estimate of drug-likeness (QED) is 0.654. The standard InChI is InChI=1S/C17H22N2O3.H2S/c1-11(2)10-19-6-5-17(16(19)21)8-13-4-3-12(15(20)18-22)7-14(13)9-17;/h3-4,7,11,22H,5-6,8-10H2,1-2H3,(H,18,20);1H2/t17-;/m0./s1. The molecular weight excluding hydrogens is 312 g/mol. The first-order chi connectivity index (χ1) is 10.4. The highest BCUT2D eigenvalue weighted by atomic mass is 32.1. The Hall–Kier alpha value is -1.53. The van der Waals surface area contributed by atoms with Crippen LogP contribution in [0.25, 0.3) is 0 Å². The molecule has 0 bridgehead atoms. The number of rotatable bonds is 3. The van der Waals surface area contributed by atoms with E-state index < -0.39 is 5.91 Å². The summed E-state index contributed by atoms with van der Waals surface area (Å²) in [4.78, 5) is 26.3. The monoisotopic (exact) mass is 336 g/mol. The van der Waals surface area contributed by atoms with Crippen LogP contribution in [-0.4, -0.2) is 35.0 Å². The van der Waals surface area contributed by atoms with Crippen molar-refractivity contribution < 1.29 is 14.8 Å². The number of hydrogen-bond donors (Lipinski definition) is 2. The van der Waals surface area contributed by atoms with Crippen molar-refractivity contribution in [3.05, 3.63) is 34.9 Å². The van der Waals surface area contributed by atoms with Crippen LogP contribution in [0.1, 0.15) is 41.8 Å². The van der Waals surface area contributed by atoms with Crippen molar-refractivity contribution in [3.63, 3.8) is 0 Å². The zero-order valence-corrected chi connectivity index (χ0v) is 14.6. The minimum absolute atomic E-state index is 0. The van der Waals surface area contributed by atoms with E-state index in [9.17, 15) is 9.59 Å². The molecule has 1 aromatic rings. The zero-order valence-electron chi connectivity index (χ0n) is 13.6. The van der Waals surface area contributed by atoms with E-state index in [4.69, 9.17) is 5.21 Å². The minimum atomic E-state index is -0.511. The first-order valence-corrected chi connectivity index (χ1v) is 7.81. The Morgan fingerprint density at radius 3 is 2.70 bits per heavy atom. The molecule has 1 aliphatic carbocycles. The Kier molecular flexibility index (Phi) is 5.06. The van der Waals surface area contributed by atoms with Crippen LogP contribution in [0.4, 0.5) is 0 Å². The molecule has 1 aliphatic heterocycles. The van der Waals surface area contributed by atoms with Gasteiger partial charge in [0, 0.05) is 18.7 Å². The predicted molar refractivity (Wildman–Crippen MR) is 92.0 cm³/mol. The van der Waals surface area contributed by atoms with E-state index in [-0.39, 0.29) is 24.8 Å². The van der Waals surface area contributed by atoms with Crippen molar-refractivity contribution in [1.29, 1.82) is 0 Å². The van der Waals surface area contributed by atoms with Crippen LogP contribution in [0.5, 0.6) is 0 Å². The number of carbonyl (C=O) groups excluding carboxylic acids is 2. The number of nitrogens with zero attached hydrogens (tertiary/aromatic N) is 1. The number of nitrogens with one attached hydrogen (secondary N) is 1. The molecule has 1 saturated heterocycles. The van der Waals surface area contributed by atoms with E-state index in [1.165, 1.54) is 0 Å². The van der Waals surface area contributed by atoms with E-state index in [0.29, 0.717) is 17.9 Å². The van der Waals surface area contributed by atoms with Gasteiger partial charge in [0.2, 0.25) is 5.91 Å². The summed E-state index contributed by atoms with van der Waals surface area (Å²) in [6, 6.07) is 5.41. The van der Waals surface area contributed by atoms with E-state index in [2.05, 4.69) is 13.8 Å². The molecule has 2 aliphatic rings. The SMILES string of the molecule is CC(C)CN1CC[C@@]2(Cc3ccc(C(=O)NO)cc3C2)C1=O.S. The van der Waals surface area contributed by atoms with Crippen molar-refractivity contribution in [2.24, 2.45) is 11.3 Å². The second-order valence-corrected chi connectivity index (χ2v) is 6.95. The molecule has 23 heavy (non-hydrogen) atoms. The molecule has 0 unspecified atom stereocenters. The van der Waals surface area contributed by atoms with Crippen LogP contribution < -0.4 is 5.48 Å². The Morgan fingerprint density at radius 2 is 2.04 bits per heavy atom. The first-order valence-electron chi connectivity index (χ1n) is 7.81. The van der Waals surface area contributed by atoms with Gasteiger partial charge in [-0.1, -0.05) is 19.9 Å². The molecule has 2 amide bonds. The summed E-state index contributed by atoms with van der Waals surface area (Å²) in [5, 5.41) is 8.74. The summed E-state index contributed by atoms with van der Waals surface area (Å²) in [6.45, 7) is 5.90. The molecular formula is C17H24N2O3S. The number of hydroxylamine groups is 1. The third-order valence-corrected chi connectivity index (χ3v) is 4.81. The average molecular weight is 336 g/mol. The maximum absolute atomic E-state index is 12.8. The molecule has 1 fully saturated rings. The van der Waals surface area contributed by atoms with Crippen LogP contribution in [-0.2, 0) is 17.6 Å². The minimum Gasteiger partial charge on any atom is -0.342 e. The molecule has 1 atom stereocenters. The maximum Gasteiger partial charge on any atom is 0.274 e. The fourth-order valence-corrected chi connectivity index (χ4v) is 3.80. The molecule has 0 aromatic heterocycles. The van der Waals surface area contributed by atoms with Gasteiger partial charge in [-0.05, 0) is 48.4 Å². The van der Waals surface area contributed by atoms with Gasteiger partial charge < -0.3 is 4.90 Å². The Morgan fingerprint density at radius 1 is 1.35 bits per heavy atom. The van der Waals surface area contributed by atoms with Crippen LogP contribution >= 0.6 is 13.5 Å². The second-order valence-electron chi connectivity index (χ2n) is 6.95. The van der Waals surface area contributed by atoms with Crippen molar-refractivity contribution in [3.8, 4) is 0 Å². The highest BCUT2D eigenvalue weighted by Crippen LogP contribution is 2.45. The fraction of sp³-hybridized carbons (Fsp3) is 0.529. The van der Waals surface area contributed by atoms with Gasteiger partial charge in [0.1, 0.15) is 0 Å². The number of likely N-dealkylation sites (tertiary alicyclic amines) is 1. The van der Waals surface area contributed by atoms with Crippen molar-refractivity contribution >= 4 is 25.3 Å². The maximum atomic E-state index is 12.8. The molecule has 1 heterocycles. The van der Waals surface area contributed by atoms with Gasteiger partial charge in [0.25, 0.3) is 5.91 Å². The zero-order chi connectivity index (χ0) is 15.9. The Bertz CT molecular complexity index is 632. The van der Waals surface area contributed by atoms with Crippen molar-refractivity contribution in [2.75, 3.05) is 13.1 Å². The van der Waals surface area contributed by atoms with Crippen LogP contribution in [0.2, 0.25) is 0 Å². The lowest BCUT2D eigenvalue weighted by atomic mass is 9.83. The van der Waals surface area contributed by atoms with E-state index >= 15 is 0 Å². The van der Waals surface area contributed by atoms with Gasteiger partial charge in [-0.3, -0.25) is 14.8 Å². The lowest BCUT2D eigenvalue weighted by Crippen LogP contribution is -2.37. The van der Waals surface area contributed by atoms with Gasteiger partial charge >= 0.3 is 0 Å². The smallest absolute Gasteiger partial charge is 0.274 e. The third-order valence-electron chi connectivity index (χ3n) is 4.81. The number of carbonyl (C=O) groups is 2. The normalized spacial score (nSPS) is 22.4. The van der Waals surface area contributed by atoms with Gasteiger partial charge in [-0.2, -0.15) is 13.5 Å². The van der Waals surface area contributed by atoms with E-state index in [0.717, 1.165) is 37.1 Å². The molecule has 2 N–H and O–H groups in total. The Balaban J connectivity index is 0.00000192. The summed E-state index contributed by atoms with van der Waals surface area (Å²) in [7, 11) is 0. The van der Waals surface area contributed by atoms with Gasteiger partial charge in [-0.15, -0.1) is 0 Å². The summed E-state index contributed by atoms with van der Waals surface area (Å²) in [5.74, 6) is 0.219. The fourth-order valence-electron chi connectivity index (χ4n) is 3.80. The van der Waals surface area contributed by atoms with Gasteiger partial charge in [0.15, 0.2) is 0 Å². The molecule has 0 radical (unpaired) electrons. The molecule has 1 aromatic carbocycles. The number of amides is 2. The lowest BCUT2D eigenvalue weighted by Gasteiger charge is -2.23. The number of hydrogen-bond acceptors (Lipinski definition) is 3. The predicted octanol–water partition coefficient (Wildman–Crippen LogP) is 1.89. The molecule has 3 rings (SSSR count). The summed E-state index contributed by atoms with van der Waals surface area (Å²) >= 11 is 0. The third kappa shape index (κ3) is 3.10. The topological polar surface area (TPSA) is 69.6 Å². The first kappa shape index (κ1) is 17.8. The second kappa shape index (κ2) is 6.53. The molecule has 126 valence electrons. The number of benzene rings is 1. The number of fused-ring (bicyclic) bond motifs is 1.